The van der Waals surface area contributed by atoms with E-state index in [9.17, 15) is 9.59 Å². The Hall–Kier alpha value is -2.63. The van der Waals surface area contributed by atoms with Crippen LogP contribution in [0.15, 0.2) is 39.8 Å². The molecule has 1 aliphatic carbocycles. The van der Waals surface area contributed by atoms with Crippen LogP contribution in [0.25, 0.3) is 22.1 Å². The molecule has 1 N–H and O–H groups in total. The fourth-order valence-electron chi connectivity index (χ4n) is 3.92. The van der Waals surface area contributed by atoms with Crippen LogP contribution in [0.1, 0.15) is 33.1 Å². The van der Waals surface area contributed by atoms with Gasteiger partial charge in [0.05, 0.1) is 6.33 Å². The van der Waals surface area contributed by atoms with Crippen LogP contribution in [0.5, 0.6) is 0 Å². The average Bonchev–Trinajstić information content (AvgIpc) is 3.01. The van der Waals surface area contributed by atoms with Crippen molar-refractivity contribution >= 4 is 28.0 Å². The van der Waals surface area contributed by atoms with Gasteiger partial charge in [-0.1, -0.05) is 38.8 Å². The summed E-state index contributed by atoms with van der Waals surface area (Å²) < 4.78 is 6.98. The molecule has 3 aromatic rings. The van der Waals surface area contributed by atoms with Crippen LogP contribution in [0.4, 0.5) is 0 Å². The van der Waals surface area contributed by atoms with Crippen LogP contribution in [-0.4, -0.2) is 21.5 Å². The van der Waals surface area contributed by atoms with Gasteiger partial charge in [-0.2, -0.15) is 0 Å². The molecular weight excluding hydrogens is 330 g/mol. The number of benzene rings is 1. The second-order valence-corrected chi connectivity index (χ2v) is 7.39. The van der Waals surface area contributed by atoms with Gasteiger partial charge in [0.1, 0.15) is 17.6 Å². The number of hydrogen-bond acceptors (Lipinski definition) is 4. The molecule has 4 rings (SSSR count). The minimum atomic E-state index is -0.327. The van der Waals surface area contributed by atoms with E-state index in [1.54, 1.807) is 6.07 Å². The molecule has 0 spiro atoms. The van der Waals surface area contributed by atoms with E-state index >= 15 is 0 Å². The smallest absolute Gasteiger partial charge is 0.297 e. The molecular formula is C20H23N3O3. The number of fused-ring (bicyclic) bond motifs is 3. The van der Waals surface area contributed by atoms with Gasteiger partial charge in [-0.05, 0) is 30.4 Å². The van der Waals surface area contributed by atoms with Gasteiger partial charge < -0.3 is 9.73 Å². The molecule has 0 bridgehead atoms. The third kappa shape index (κ3) is 2.89. The van der Waals surface area contributed by atoms with Gasteiger partial charge in [0.25, 0.3) is 5.56 Å². The van der Waals surface area contributed by atoms with E-state index in [2.05, 4.69) is 24.1 Å². The van der Waals surface area contributed by atoms with Crippen LogP contribution >= 0.6 is 0 Å². The first-order valence-electron chi connectivity index (χ1n) is 9.20. The summed E-state index contributed by atoms with van der Waals surface area (Å²) in [4.78, 5) is 29.5. The fraction of sp³-hybridized carbons (Fsp3) is 0.450. The number of carbonyl (C=O) groups is 1. The SMILES string of the molecule is C[C@H]1[C@H](C)CCC[C@H]1NC(=O)Cn1cnc2c(oc3ccccc32)c1=O. The van der Waals surface area contributed by atoms with Gasteiger partial charge in [0.15, 0.2) is 0 Å². The Morgan fingerprint density at radius 2 is 2.12 bits per heavy atom. The molecule has 1 amide bonds. The van der Waals surface area contributed by atoms with Gasteiger partial charge in [-0.3, -0.25) is 14.2 Å². The molecule has 0 radical (unpaired) electrons. The second-order valence-electron chi connectivity index (χ2n) is 7.39. The molecule has 6 nitrogen and oxygen atoms in total. The third-order valence-electron chi connectivity index (χ3n) is 5.72. The summed E-state index contributed by atoms with van der Waals surface area (Å²) >= 11 is 0. The van der Waals surface area contributed by atoms with E-state index in [1.165, 1.54) is 17.3 Å². The average molecular weight is 353 g/mol. The minimum Gasteiger partial charge on any atom is -0.448 e. The molecule has 136 valence electrons. The van der Waals surface area contributed by atoms with Crippen molar-refractivity contribution in [2.24, 2.45) is 11.8 Å². The number of nitrogens with one attached hydrogen (secondary N) is 1. The molecule has 26 heavy (non-hydrogen) atoms. The lowest BCUT2D eigenvalue weighted by Gasteiger charge is -2.34. The molecule has 1 aromatic carbocycles. The van der Waals surface area contributed by atoms with Gasteiger partial charge in [-0.25, -0.2) is 4.98 Å². The lowest BCUT2D eigenvalue weighted by atomic mass is 9.78. The largest absolute Gasteiger partial charge is 0.448 e. The number of hydrogen-bond donors (Lipinski definition) is 1. The molecule has 2 heterocycles. The van der Waals surface area contributed by atoms with Crippen molar-refractivity contribution in [3.05, 3.63) is 40.9 Å². The first kappa shape index (κ1) is 16.8. The number of para-hydroxylation sites is 1. The molecule has 0 aliphatic heterocycles. The molecule has 1 aliphatic rings. The number of aromatic nitrogens is 2. The van der Waals surface area contributed by atoms with E-state index in [0.29, 0.717) is 22.9 Å². The Morgan fingerprint density at radius 1 is 1.31 bits per heavy atom. The van der Waals surface area contributed by atoms with Crippen molar-refractivity contribution < 1.29 is 9.21 Å². The maximum Gasteiger partial charge on any atom is 0.297 e. The highest BCUT2D eigenvalue weighted by Crippen LogP contribution is 2.29. The standard InChI is InChI=1S/C20H23N3O3/c1-12-6-5-8-15(13(12)2)22-17(24)10-23-11-21-18-14-7-3-4-9-16(14)26-19(18)20(23)25/h3-4,7,9,11-13,15H,5-6,8,10H2,1-2H3,(H,22,24)/t12-,13+,15-/m1/s1. The number of amides is 1. The van der Waals surface area contributed by atoms with E-state index in [1.807, 2.05) is 18.2 Å². The zero-order chi connectivity index (χ0) is 18.3. The quantitative estimate of drug-likeness (QED) is 0.785. The van der Waals surface area contributed by atoms with E-state index in [4.69, 9.17) is 4.42 Å². The molecule has 0 unspecified atom stereocenters. The summed E-state index contributed by atoms with van der Waals surface area (Å²) in [7, 11) is 0. The molecule has 2 aromatic heterocycles. The first-order chi connectivity index (χ1) is 12.5. The van der Waals surface area contributed by atoms with Gasteiger partial charge >= 0.3 is 0 Å². The van der Waals surface area contributed by atoms with Crippen LogP contribution in [-0.2, 0) is 11.3 Å². The Balaban J connectivity index is 1.57. The monoisotopic (exact) mass is 353 g/mol. The molecule has 6 heteroatoms. The number of carbonyl (C=O) groups excluding carboxylic acids is 1. The van der Waals surface area contributed by atoms with Crippen molar-refractivity contribution in [3.63, 3.8) is 0 Å². The predicted octanol–water partition coefficient (Wildman–Crippen LogP) is 3.08. The van der Waals surface area contributed by atoms with Crippen LogP contribution in [0, 0.1) is 11.8 Å². The van der Waals surface area contributed by atoms with Crippen molar-refractivity contribution in [1.29, 1.82) is 0 Å². The van der Waals surface area contributed by atoms with Crippen molar-refractivity contribution in [1.82, 2.24) is 14.9 Å². The van der Waals surface area contributed by atoms with Crippen molar-refractivity contribution in [3.8, 4) is 0 Å². The maximum absolute atomic E-state index is 12.7. The van der Waals surface area contributed by atoms with Crippen LogP contribution in [0.3, 0.4) is 0 Å². The fourth-order valence-corrected chi connectivity index (χ4v) is 3.92. The normalized spacial score (nSPS) is 23.4. The van der Waals surface area contributed by atoms with E-state index in [-0.39, 0.29) is 29.6 Å². The van der Waals surface area contributed by atoms with Crippen LogP contribution < -0.4 is 10.9 Å². The number of nitrogens with zero attached hydrogens (tertiary/aromatic N) is 2. The lowest BCUT2D eigenvalue weighted by Crippen LogP contribution is -2.45. The lowest BCUT2D eigenvalue weighted by molar-refractivity contribution is -0.123. The summed E-state index contributed by atoms with van der Waals surface area (Å²) in [5.41, 5.74) is 1.03. The highest BCUT2D eigenvalue weighted by molar-refractivity contribution is 6.01. The summed E-state index contributed by atoms with van der Waals surface area (Å²) in [5.74, 6) is 0.890. The first-order valence-corrected chi connectivity index (χ1v) is 9.20. The van der Waals surface area contributed by atoms with Crippen molar-refractivity contribution in [2.75, 3.05) is 0 Å². The summed E-state index contributed by atoms with van der Waals surface area (Å²) in [6.45, 7) is 4.37. The number of furan rings is 1. The van der Waals surface area contributed by atoms with Gasteiger partial charge in [-0.15, -0.1) is 0 Å². The molecule has 1 fully saturated rings. The van der Waals surface area contributed by atoms with E-state index in [0.717, 1.165) is 18.2 Å². The molecule has 1 saturated carbocycles. The Labute approximate surface area is 151 Å². The topological polar surface area (TPSA) is 77.1 Å². The maximum atomic E-state index is 12.7. The van der Waals surface area contributed by atoms with Crippen molar-refractivity contribution in [2.45, 2.75) is 45.7 Å². The van der Waals surface area contributed by atoms with Crippen LogP contribution in [0.2, 0.25) is 0 Å². The Kier molecular flexibility index (Phi) is 4.26. The number of rotatable bonds is 3. The zero-order valence-electron chi connectivity index (χ0n) is 15.1. The minimum absolute atomic E-state index is 0.0452. The summed E-state index contributed by atoms with van der Waals surface area (Å²) in [6, 6.07) is 7.58. The van der Waals surface area contributed by atoms with Gasteiger partial charge in [0.2, 0.25) is 11.5 Å². The van der Waals surface area contributed by atoms with E-state index < -0.39 is 0 Å². The third-order valence-corrected chi connectivity index (χ3v) is 5.72. The van der Waals surface area contributed by atoms with Gasteiger partial charge in [0, 0.05) is 11.4 Å². The highest BCUT2D eigenvalue weighted by Gasteiger charge is 2.28. The Morgan fingerprint density at radius 3 is 2.96 bits per heavy atom. The second kappa shape index (κ2) is 6.59. The molecule has 3 atom stereocenters. The zero-order valence-corrected chi connectivity index (χ0v) is 15.1. The molecule has 0 saturated heterocycles. The Bertz CT molecular complexity index is 1020. The highest BCUT2D eigenvalue weighted by atomic mass is 16.3. The summed E-state index contributed by atoms with van der Waals surface area (Å²) in [6.07, 6.45) is 4.76. The predicted molar refractivity (Wildman–Crippen MR) is 99.9 cm³/mol. The summed E-state index contributed by atoms with van der Waals surface area (Å²) in [5, 5.41) is 3.90.